The van der Waals surface area contributed by atoms with E-state index in [-0.39, 0.29) is 5.82 Å². The maximum Gasteiger partial charge on any atom is 0.252 e. The molecule has 0 spiro atoms. The largest absolute Gasteiger partial charge is 0.252 e. The van der Waals surface area contributed by atoms with Crippen molar-refractivity contribution in [3.8, 4) is 6.07 Å². The van der Waals surface area contributed by atoms with E-state index in [2.05, 4.69) is 10.1 Å². The van der Waals surface area contributed by atoms with Crippen LogP contribution < -0.4 is 0 Å². The van der Waals surface area contributed by atoms with Gasteiger partial charge in [-0.3, -0.25) is 4.68 Å². The van der Waals surface area contributed by atoms with E-state index in [1.807, 2.05) is 6.07 Å². The van der Waals surface area contributed by atoms with Gasteiger partial charge in [0.25, 0.3) is 5.82 Å². The molecule has 1 heterocycles. The lowest BCUT2D eigenvalue weighted by molar-refractivity contribution is 0.602. The molecule has 0 amide bonds. The van der Waals surface area contributed by atoms with Gasteiger partial charge in [0.05, 0.1) is 0 Å². The number of alkyl halides is 1. The first-order valence-electron chi connectivity index (χ1n) is 3.22. The Morgan fingerprint density at radius 2 is 2.55 bits per heavy atom. The predicted octanol–water partition coefficient (Wildman–Crippen LogP) is 0.779. The van der Waals surface area contributed by atoms with Crippen LogP contribution in [0, 0.1) is 11.3 Å². The molecule has 0 bridgehead atoms. The zero-order valence-electron chi connectivity index (χ0n) is 5.87. The van der Waals surface area contributed by atoms with E-state index in [0.29, 0.717) is 5.88 Å². The van der Waals surface area contributed by atoms with Crippen LogP contribution in [0.3, 0.4) is 0 Å². The SMILES string of the molecule is N#Cc1ncn(CCCCl)n1. The first kappa shape index (κ1) is 8.02. The molecule has 0 unspecified atom stereocenters. The van der Waals surface area contributed by atoms with Gasteiger partial charge < -0.3 is 0 Å². The Morgan fingerprint density at radius 1 is 1.73 bits per heavy atom. The number of halogens is 1. The van der Waals surface area contributed by atoms with Gasteiger partial charge in [-0.15, -0.1) is 16.7 Å². The third-order valence-corrected chi connectivity index (χ3v) is 1.42. The topological polar surface area (TPSA) is 54.5 Å². The van der Waals surface area contributed by atoms with Crippen LogP contribution in [0.4, 0.5) is 0 Å². The summed E-state index contributed by atoms with van der Waals surface area (Å²) in [6, 6.07) is 1.85. The molecule has 58 valence electrons. The number of aryl methyl sites for hydroxylation is 1. The van der Waals surface area contributed by atoms with E-state index < -0.39 is 0 Å². The standard InChI is InChI=1S/C6H7ClN4/c7-2-1-3-11-5-9-6(4-8)10-11/h5H,1-3H2. The molecule has 0 N–H and O–H groups in total. The van der Waals surface area contributed by atoms with Crippen molar-refractivity contribution < 1.29 is 0 Å². The fraction of sp³-hybridized carbons (Fsp3) is 0.500. The Hall–Kier alpha value is -1.08. The Labute approximate surface area is 69.4 Å². The second-order valence-electron chi connectivity index (χ2n) is 1.99. The third-order valence-electron chi connectivity index (χ3n) is 1.16. The van der Waals surface area contributed by atoms with Gasteiger partial charge in [-0.05, 0) is 6.42 Å². The van der Waals surface area contributed by atoms with Crippen molar-refractivity contribution in [3.63, 3.8) is 0 Å². The third kappa shape index (κ3) is 2.20. The number of nitriles is 1. The van der Waals surface area contributed by atoms with Crippen LogP contribution in [-0.2, 0) is 6.54 Å². The average molecular weight is 171 g/mol. The lowest BCUT2D eigenvalue weighted by atomic mass is 10.5. The monoisotopic (exact) mass is 170 g/mol. The van der Waals surface area contributed by atoms with Gasteiger partial charge in [-0.25, -0.2) is 4.98 Å². The number of rotatable bonds is 3. The van der Waals surface area contributed by atoms with Gasteiger partial charge in [0.2, 0.25) is 0 Å². The van der Waals surface area contributed by atoms with Crippen molar-refractivity contribution in [1.82, 2.24) is 14.8 Å². The number of hydrogen-bond acceptors (Lipinski definition) is 3. The minimum atomic E-state index is 0.208. The van der Waals surface area contributed by atoms with E-state index in [1.165, 1.54) is 6.33 Å². The van der Waals surface area contributed by atoms with Gasteiger partial charge in [0.1, 0.15) is 12.4 Å². The van der Waals surface area contributed by atoms with Gasteiger partial charge in [-0.2, -0.15) is 5.26 Å². The molecule has 11 heavy (non-hydrogen) atoms. The summed E-state index contributed by atoms with van der Waals surface area (Å²) < 4.78 is 1.61. The fourth-order valence-corrected chi connectivity index (χ4v) is 0.795. The smallest absolute Gasteiger partial charge is 0.252 e. The zero-order chi connectivity index (χ0) is 8.10. The van der Waals surface area contributed by atoms with Gasteiger partial charge in [-0.1, -0.05) is 0 Å². The highest BCUT2D eigenvalue weighted by atomic mass is 35.5. The van der Waals surface area contributed by atoms with Crippen molar-refractivity contribution in [2.45, 2.75) is 13.0 Å². The van der Waals surface area contributed by atoms with Crippen molar-refractivity contribution in [3.05, 3.63) is 12.2 Å². The van der Waals surface area contributed by atoms with Crippen LogP contribution >= 0.6 is 11.6 Å². The molecule has 1 aromatic rings. The number of aromatic nitrogens is 3. The molecule has 0 radical (unpaired) electrons. The molecule has 0 aliphatic heterocycles. The maximum absolute atomic E-state index is 8.36. The molecule has 1 rings (SSSR count). The Morgan fingerprint density at radius 3 is 3.09 bits per heavy atom. The minimum absolute atomic E-state index is 0.208. The first-order chi connectivity index (χ1) is 5.36. The van der Waals surface area contributed by atoms with E-state index in [1.54, 1.807) is 4.68 Å². The van der Waals surface area contributed by atoms with E-state index >= 15 is 0 Å². The minimum Gasteiger partial charge on any atom is -0.252 e. The van der Waals surface area contributed by atoms with Crippen molar-refractivity contribution >= 4 is 11.6 Å². The van der Waals surface area contributed by atoms with Crippen molar-refractivity contribution in [1.29, 1.82) is 5.26 Å². The summed E-state index contributed by atoms with van der Waals surface area (Å²) >= 11 is 5.47. The highest BCUT2D eigenvalue weighted by Crippen LogP contribution is 1.91. The Kier molecular flexibility index (Phi) is 2.87. The van der Waals surface area contributed by atoms with Gasteiger partial charge in [0.15, 0.2) is 0 Å². The summed E-state index contributed by atoms with van der Waals surface area (Å²) in [5.41, 5.74) is 0. The van der Waals surface area contributed by atoms with Crippen LogP contribution in [-0.4, -0.2) is 20.6 Å². The van der Waals surface area contributed by atoms with Crippen LogP contribution in [0.25, 0.3) is 0 Å². The van der Waals surface area contributed by atoms with E-state index in [0.717, 1.165) is 13.0 Å². The van der Waals surface area contributed by atoms with Crippen LogP contribution in [0.1, 0.15) is 12.2 Å². The molecule has 0 saturated carbocycles. The molecular weight excluding hydrogens is 164 g/mol. The molecule has 0 fully saturated rings. The molecule has 5 heteroatoms. The summed E-state index contributed by atoms with van der Waals surface area (Å²) in [4.78, 5) is 3.74. The second kappa shape index (κ2) is 3.94. The lowest BCUT2D eigenvalue weighted by Crippen LogP contribution is -1.99. The highest BCUT2D eigenvalue weighted by molar-refractivity contribution is 6.17. The predicted molar refractivity (Wildman–Crippen MR) is 40.1 cm³/mol. The normalized spacial score (nSPS) is 9.45. The molecule has 0 saturated heterocycles. The summed E-state index contributed by atoms with van der Waals surface area (Å²) in [6.45, 7) is 0.720. The number of nitrogens with zero attached hydrogens (tertiary/aromatic N) is 4. The van der Waals surface area contributed by atoms with Gasteiger partial charge >= 0.3 is 0 Å². The Bertz CT molecular complexity index is 262. The van der Waals surface area contributed by atoms with E-state index in [9.17, 15) is 0 Å². The molecule has 0 aliphatic rings. The average Bonchev–Trinajstić information content (AvgIpc) is 2.48. The zero-order valence-corrected chi connectivity index (χ0v) is 6.62. The summed E-state index contributed by atoms with van der Waals surface area (Å²) in [5.74, 6) is 0.807. The van der Waals surface area contributed by atoms with Crippen LogP contribution in [0.5, 0.6) is 0 Å². The molecule has 4 nitrogen and oxygen atoms in total. The van der Waals surface area contributed by atoms with Crippen molar-refractivity contribution in [2.75, 3.05) is 5.88 Å². The molecule has 0 atom stereocenters. The summed E-state index contributed by atoms with van der Waals surface area (Å²) in [5, 5.41) is 12.2. The second-order valence-corrected chi connectivity index (χ2v) is 2.36. The van der Waals surface area contributed by atoms with E-state index in [4.69, 9.17) is 16.9 Å². The van der Waals surface area contributed by atoms with Crippen LogP contribution in [0.2, 0.25) is 0 Å². The molecule has 1 aromatic heterocycles. The maximum atomic E-state index is 8.36. The lowest BCUT2D eigenvalue weighted by Gasteiger charge is -1.93. The first-order valence-corrected chi connectivity index (χ1v) is 3.76. The Balaban J connectivity index is 2.53. The summed E-state index contributed by atoms with van der Waals surface area (Å²) in [6.07, 6.45) is 2.38. The quantitative estimate of drug-likeness (QED) is 0.630. The summed E-state index contributed by atoms with van der Waals surface area (Å²) in [7, 11) is 0. The van der Waals surface area contributed by atoms with Gasteiger partial charge in [0, 0.05) is 12.4 Å². The van der Waals surface area contributed by atoms with Crippen LogP contribution in [0.15, 0.2) is 6.33 Å². The molecule has 0 aliphatic carbocycles. The number of hydrogen-bond donors (Lipinski definition) is 0. The highest BCUT2D eigenvalue weighted by Gasteiger charge is 1.96. The van der Waals surface area contributed by atoms with Crippen molar-refractivity contribution in [2.24, 2.45) is 0 Å². The molecular formula is C6H7ClN4. The fourth-order valence-electron chi connectivity index (χ4n) is 0.675. The molecule has 0 aromatic carbocycles.